The molecule has 7 heteroatoms. The molecule has 3 aromatic rings. The number of pyridine rings is 1. The lowest BCUT2D eigenvalue weighted by Crippen LogP contribution is -2.31. The molecular weight excluding hydrogens is 420 g/mol. The molecule has 1 aliphatic rings. The predicted molar refractivity (Wildman–Crippen MR) is 130 cm³/mol. The summed E-state index contributed by atoms with van der Waals surface area (Å²) in [6.07, 6.45) is 2.74. The first-order chi connectivity index (χ1) is 15.5. The summed E-state index contributed by atoms with van der Waals surface area (Å²) >= 11 is 5.78. The van der Waals surface area contributed by atoms with E-state index in [1.54, 1.807) is 14.2 Å². The van der Waals surface area contributed by atoms with Gasteiger partial charge in [-0.15, -0.1) is 0 Å². The second-order valence-electron chi connectivity index (χ2n) is 8.03. The van der Waals surface area contributed by atoms with Gasteiger partial charge in [0.2, 0.25) is 0 Å². The molecule has 0 spiro atoms. The van der Waals surface area contributed by atoms with Gasteiger partial charge in [0.25, 0.3) is 0 Å². The number of methoxy groups -OCH3 is 2. The van der Waals surface area contributed by atoms with Gasteiger partial charge in [-0.2, -0.15) is 0 Å². The zero-order valence-electron chi connectivity index (χ0n) is 19.0. The van der Waals surface area contributed by atoms with E-state index in [-0.39, 0.29) is 12.1 Å². The lowest BCUT2D eigenvalue weighted by molar-refractivity contribution is 0.180. The van der Waals surface area contributed by atoms with Gasteiger partial charge in [0.05, 0.1) is 24.9 Å². The molecule has 2 aromatic heterocycles. The second-order valence-corrected chi connectivity index (χ2v) is 8.42. The van der Waals surface area contributed by atoms with E-state index in [1.807, 2.05) is 30.5 Å². The van der Waals surface area contributed by atoms with E-state index in [2.05, 4.69) is 57.9 Å². The van der Waals surface area contributed by atoms with Crippen molar-refractivity contribution in [2.24, 2.45) is 0 Å². The van der Waals surface area contributed by atoms with Gasteiger partial charge >= 0.3 is 0 Å². The average molecular weight is 451 g/mol. The standard InChI is InChI=1S/C25H30N4O2S/c1-17-15-21(18(2)29(17)19-9-7-10-20(16-19)31-4)24-23(22-11-5-6-12-26-22)27-25(32)28(24)13-8-14-30-3/h5-7,9-12,15-16,23-24H,8,13-14H2,1-4H3,(H,27,32). The van der Waals surface area contributed by atoms with E-state index in [4.69, 9.17) is 21.7 Å². The highest BCUT2D eigenvalue weighted by Crippen LogP contribution is 2.41. The molecule has 32 heavy (non-hydrogen) atoms. The molecule has 1 N–H and O–H groups in total. The van der Waals surface area contributed by atoms with Gasteiger partial charge in [-0.25, -0.2) is 0 Å². The minimum Gasteiger partial charge on any atom is -0.497 e. The van der Waals surface area contributed by atoms with Crippen LogP contribution in [-0.4, -0.2) is 46.9 Å². The summed E-state index contributed by atoms with van der Waals surface area (Å²) in [6.45, 7) is 5.83. The largest absolute Gasteiger partial charge is 0.497 e. The van der Waals surface area contributed by atoms with Crippen molar-refractivity contribution in [1.82, 2.24) is 19.8 Å². The highest BCUT2D eigenvalue weighted by molar-refractivity contribution is 7.80. The van der Waals surface area contributed by atoms with Crippen LogP contribution in [-0.2, 0) is 4.74 Å². The number of benzene rings is 1. The summed E-state index contributed by atoms with van der Waals surface area (Å²) in [5.74, 6) is 0.841. The number of aromatic nitrogens is 2. The fraction of sp³-hybridized carbons (Fsp3) is 0.360. The van der Waals surface area contributed by atoms with E-state index in [0.29, 0.717) is 6.61 Å². The van der Waals surface area contributed by atoms with Gasteiger partial charge in [-0.05, 0) is 68.4 Å². The number of aryl methyl sites for hydroxylation is 1. The molecule has 0 bridgehead atoms. The van der Waals surface area contributed by atoms with Crippen LogP contribution in [0.4, 0.5) is 0 Å². The van der Waals surface area contributed by atoms with Crippen LogP contribution in [0.1, 0.15) is 41.1 Å². The van der Waals surface area contributed by atoms with Gasteiger partial charge in [0.15, 0.2) is 5.11 Å². The fourth-order valence-electron chi connectivity index (χ4n) is 4.60. The van der Waals surface area contributed by atoms with Gasteiger partial charge < -0.3 is 24.3 Å². The molecule has 3 heterocycles. The molecule has 168 valence electrons. The van der Waals surface area contributed by atoms with Crippen LogP contribution in [0.2, 0.25) is 0 Å². The third kappa shape index (κ3) is 4.23. The number of rotatable bonds is 8. The maximum absolute atomic E-state index is 5.78. The summed E-state index contributed by atoms with van der Waals surface area (Å²) in [5, 5.41) is 4.29. The molecule has 4 rings (SSSR count). The van der Waals surface area contributed by atoms with Gasteiger partial charge in [-0.1, -0.05) is 12.1 Å². The predicted octanol–water partition coefficient (Wildman–Crippen LogP) is 4.51. The first kappa shape index (κ1) is 22.3. The van der Waals surface area contributed by atoms with Crippen molar-refractivity contribution in [2.45, 2.75) is 32.4 Å². The van der Waals surface area contributed by atoms with Crippen LogP contribution in [0.3, 0.4) is 0 Å². The molecule has 2 unspecified atom stereocenters. The first-order valence-electron chi connectivity index (χ1n) is 10.9. The lowest BCUT2D eigenvalue weighted by atomic mass is 9.96. The first-order valence-corrected chi connectivity index (χ1v) is 11.3. The Morgan fingerprint density at radius 1 is 1.09 bits per heavy atom. The maximum atomic E-state index is 5.78. The zero-order chi connectivity index (χ0) is 22.7. The monoisotopic (exact) mass is 450 g/mol. The van der Waals surface area contributed by atoms with Crippen molar-refractivity contribution < 1.29 is 9.47 Å². The number of nitrogens with one attached hydrogen (secondary N) is 1. The Bertz CT molecular complexity index is 1080. The van der Waals surface area contributed by atoms with Gasteiger partial charge in [0, 0.05) is 49.6 Å². The molecule has 0 saturated carbocycles. The Kier molecular flexibility index (Phi) is 6.77. The van der Waals surface area contributed by atoms with E-state index >= 15 is 0 Å². The number of hydrogen-bond acceptors (Lipinski definition) is 4. The molecule has 0 radical (unpaired) electrons. The summed E-state index contributed by atoms with van der Waals surface area (Å²) < 4.78 is 13.0. The van der Waals surface area contributed by atoms with E-state index in [1.165, 1.54) is 17.0 Å². The fourth-order valence-corrected chi connectivity index (χ4v) is 4.93. The molecule has 1 fully saturated rings. The van der Waals surface area contributed by atoms with Crippen LogP contribution >= 0.6 is 12.2 Å². The smallest absolute Gasteiger partial charge is 0.170 e. The van der Waals surface area contributed by atoms with Crippen molar-refractivity contribution in [3.05, 3.63) is 77.4 Å². The summed E-state index contributed by atoms with van der Waals surface area (Å²) in [4.78, 5) is 6.93. The molecule has 1 aromatic carbocycles. The zero-order valence-corrected chi connectivity index (χ0v) is 19.9. The third-order valence-corrected chi connectivity index (χ3v) is 6.40. The summed E-state index contributed by atoms with van der Waals surface area (Å²) in [6, 6.07) is 16.5. The van der Waals surface area contributed by atoms with Gasteiger partial charge in [-0.3, -0.25) is 4.98 Å². The van der Waals surface area contributed by atoms with Crippen molar-refractivity contribution in [2.75, 3.05) is 27.4 Å². The van der Waals surface area contributed by atoms with E-state index in [9.17, 15) is 0 Å². The third-order valence-electron chi connectivity index (χ3n) is 6.05. The highest BCUT2D eigenvalue weighted by Gasteiger charge is 2.41. The summed E-state index contributed by atoms with van der Waals surface area (Å²) in [5.41, 5.74) is 5.66. The molecule has 0 aliphatic carbocycles. The molecule has 1 aliphatic heterocycles. The Hall–Kier alpha value is -2.90. The normalized spacial score (nSPS) is 18.1. The Labute approximate surface area is 195 Å². The van der Waals surface area contributed by atoms with E-state index < -0.39 is 0 Å². The number of ether oxygens (including phenoxy) is 2. The Morgan fingerprint density at radius 2 is 1.94 bits per heavy atom. The van der Waals surface area contributed by atoms with Crippen LogP contribution in [0, 0.1) is 13.8 Å². The van der Waals surface area contributed by atoms with Crippen LogP contribution in [0.5, 0.6) is 5.75 Å². The number of hydrogen-bond donors (Lipinski definition) is 1. The minimum absolute atomic E-state index is 0.0227. The Balaban J connectivity index is 1.78. The number of nitrogens with zero attached hydrogens (tertiary/aromatic N) is 3. The second kappa shape index (κ2) is 9.71. The number of thiocarbonyl (C=S) groups is 1. The van der Waals surface area contributed by atoms with Crippen molar-refractivity contribution >= 4 is 17.3 Å². The highest BCUT2D eigenvalue weighted by atomic mass is 32.1. The van der Waals surface area contributed by atoms with Crippen molar-refractivity contribution in [3.63, 3.8) is 0 Å². The maximum Gasteiger partial charge on any atom is 0.170 e. The lowest BCUT2D eigenvalue weighted by Gasteiger charge is -2.28. The van der Waals surface area contributed by atoms with Crippen LogP contribution in [0.25, 0.3) is 5.69 Å². The van der Waals surface area contributed by atoms with Crippen LogP contribution in [0.15, 0.2) is 54.7 Å². The van der Waals surface area contributed by atoms with E-state index in [0.717, 1.165) is 35.2 Å². The molecular formula is C25H30N4O2S. The van der Waals surface area contributed by atoms with Gasteiger partial charge in [0.1, 0.15) is 5.75 Å². The minimum atomic E-state index is -0.0227. The summed E-state index contributed by atoms with van der Waals surface area (Å²) in [7, 11) is 3.43. The Morgan fingerprint density at radius 3 is 2.66 bits per heavy atom. The van der Waals surface area contributed by atoms with Crippen molar-refractivity contribution in [1.29, 1.82) is 0 Å². The van der Waals surface area contributed by atoms with Crippen molar-refractivity contribution in [3.8, 4) is 11.4 Å². The molecule has 0 amide bonds. The van der Waals surface area contributed by atoms with Crippen LogP contribution < -0.4 is 10.1 Å². The molecule has 1 saturated heterocycles. The molecule has 2 atom stereocenters. The molecule has 6 nitrogen and oxygen atoms in total. The SMILES string of the molecule is COCCCN1C(=S)NC(c2ccccn2)C1c1cc(C)n(-c2cccc(OC)c2)c1C. The topological polar surface area (TPSA) is 51.5 Å². The quantitative estimate of drug-likeness (QED) is 0.403. The average Bonchev–Trinajstić information content (AvgIpc) is 3.29.